The van der Waals surface area contributed by atoms with Crippen molar-refractivity contribution in [2.45, 2.75) is 34.6 Å². The SMILES string of the molecule is [CH2-]C1=C(C)C(C)=C(C)C1(C)C.[Cl][Zr][Cl]. The molecule has 0 nitrogen and oxygen atoms in total. The van der Waals surface area contributed by atoms with Crippen molar-refractivity contribution < 1.29 is 20.8 Å². The van der Waals surface area contributed by atoms with Crippen LogP contribution in [-0.4, -0.2) is 0 Å². The molecule has 0 aromatic heterocycles. The molecule has 0 fully saturated rings. The van der Waals surface area contributed by atoms with Crippen molar-refractivity contribution >= 4 is 17.0 Å². The second-order valence-electron chi connectivity index (χ2n) is 4.05. The Labute approximate surface area is 106 Å². The molecule has 0 heterocycles. The predicted octanol–water partition coefficient (Wildman–Crippen LogP) is 4.89. The third-order valence-corrected chi connectivity index (χ3v) is 3.27. The van der Waals surface area contributed by atoms with E-state index in [1.165, 1.54) is 22.3 Å². The van der Waals surface area contributed by atoms with Gasteiger partial charge in [-0.15, -0.1) is 12.5 Å². The standard InChI is InChI=1S/C11H17.2ClH.Zr/c1-7-8(2)10(4)11(5,6)9(7)3;;;/h3H2,1-2,4-6H3;2*1H;/q-1;;;+2/p-2. The van der Waals surface area contributed by atoms with Gasteiger partial charge in [-0.25, -0.2) is 12.5 Å². The molecule has 0 aliphatic heterocycles. The van der Waals surface area contributed by atoms with Gasteiger partial charge in [-0.3, -0.25) is 0 Å². The Morgan fingerprint density at radius 2 is 1.43 bits per heavy atom. The van der Waals surface area contributed by atoms with E-state index in [-0.39, 0.29) is 5.41 Å². The number of hydrogen-bond donors (Lipinski definition) is 0. The van der Waals surface area contributed by atoms with E-state index in [1.54, 1.807) is 0 Å². The molecule has 80 valence electrons. The number of allylic oxidation sites excluding steroid dienone is 4. The third kappa shape index (κ3) is 2.90. The fourth-order valence-electron chi connectivity index (χ4n) is 1.67. The molecule has 1 aliphatic carbocycles. The van der Waals surface area contributed by atoms with Gasteiger partial charge in [0.05, 0.1) is 0 Å². The van der Waals surface area contributed by atoms with Crippen LogP contribution in [0.2, 0.25) is 0 Å². The molecule has 14 heavy (non-hydrogen) atoms. The quantitative estimate of drug-likeness (QED) is 0.559. The molecule has 0 saturated heterocycles. The first-order valence-corrected chi connectivity index (χ1v) is 10.8. The fourth-order valence-corrected chi connectivity index (χ4v) is 1.67. The van der Waals surface area contributed by atoms with E-state index in [0.29, 0.717) is 0 Å². The minimum atomic E-state index is -0.826. The summed E-state index contributed by atoms with van der Waals surface area (Å²) in [6.45, 7) is 15.1. The molecule has 0 amide bonds. The van der Waals surface area contributed by atoms with E-state index in [4.69, 9.17) is 17.0 Å². The second kappa shape index (κ2) is 5.78. The van der Waals surface area contributed by atoms with E-state index >= 15 is 0 Å². The molecule has 0 radical (unpaired) electrons. The zero-order valence-corrected chi connectivity index (χ0v) is 13.4. The molecular formula is C11H17Cl2Zr-. The van der Waals surface area contributed by atoms with Gasteiger partial charge in [-0.2, -0.15) is 5.57 Å². The Morgan fingerprint density at radius 1 is 1.07 bits per heavy atom. The van der Waals surface area contributed by atoms with Crippen LogP contribution in [0.25, 0.3) is 0 Å². The van der Waals surface area contributed by atoms with Crippen molar-refractivity contribution in [2.75, 3.05) is 0 Å². The van der Waals surface area contributed by atoms with Crippen LogP contribution in [0.5, 0.6) is 0 Å². The normalized spacial score (nSPS) is 19.4. The summed E-state index contributed by atoms with van der Waals surface area (Å²) in [5.74, 6) is 0. The van der Waals surface area contributed by atoms with Crippen molar-refractivity contribution in [2.24, 2.45) is 5.41 Å². The Morgan fingerprint density at radius 3 is 1.50 bits per heavy atom. The van der Waals surface area contributed by atoms with Gasteiger partial charge >= 0.3 is 37.9 Å². The monoisotopic (exact) mass is 309 g/mol. The molecule has 0 N–H and O–H groups in total. The van der Waals surface area contributed by atoms with E-state index < -0.39 is 20.8 Å². The van der Waals surface area contributed by atoms with Crippen LogP contribution in [0.4, 0.5) is 0 Å². The summed E-state index contributed by atoms with van der Waals surface area (Å²) in [5.41, 5.74) is 5.77. The molecule has 0 spiro atoms. The topological polar surface area (TPSA) is 0 Å². The van der Waals surface area contributed by atoms with Crippen molar-refractivity contribution in [3.8, 4) is 0 Å². The second-order valence-corrected chi connectivity index (χ2v) is 7.78. The first kappa shape index (κ1) is 14.8. The third-order valence-electron chi connectivity index (χ3n) is 3.27. The van der Waals surface area contributed by atoms with E-state index in [9.17, 15) is 0 Å². The summed E-state index contributed by atoms with van der Waals surface area (Å²) in [5, 5.41) is 0. The van der Waals surface area contributed by atoms with Crippen LogP contribution in [0.15, 0.2) is 22.3 Å². The van der Waals surface area contributed by atoms with E-state index in [0.717, 1.165) is 0 Å². The zero-order chi connectivity index (χ0) is 11.5. The maximum atomic E-state index is 4.93. The zero-order valence-electron chi connectivity index (χ0n) is 9.46. The van der Waals surface area contributed by atoms with Gasteiger partial charge in [0.2, 0.25) is 0 Å². The van der Waals surface area contributed by atoms with Gasteiger partial charge in [0.25, 0.3) is 0 Å². The average Bonchev–Trinajstić information content (AvgIpc) is 2.23. The van der Waals surface area contributed by atoms with Crippen molar-refractivity contribution in [1.82, 2.24) is 0 Å². The molecule has 0 unspecified atom stereocenters. The number of halogens is 2. The van der Waals surface area contributed by atoms with Gasteiger partial charge in [-0.1, -0.05) is 26.3 Å². The van der Waals surface area contributed by atoms with Crippen LogP contribution in [-0.2, 0) is 20.8 Å². The summed E-state index contributed by atoms with van der Waals surface area (Å²) in [4.78, 5) is 0. The van der Waals surface area contributed by atoms with E-state index in [2.05, 4.69) is 41.5 Å². The maximum absolute atomic E-state index is 4.93. The summed E-state index contributed by atoms with van der Waals surface area (Å²) < 4.78 is 0. The molecule has 0 saturated carbocycles. The van der Waals surface area contributed by atoms with Crippen LogP contribution >= 0.6 is 17.0 Å². The van der Waals surface area contributed by atoms with E-state index in [1.807, 2.05) is 0 Å². The molecule has 0 aromatic rings. The predicted molar refractivity (Wildman–Crippen MR) is 61.9 cm³/mol. The first-order chi connectivity index (χ1) is 6.30. The van der Waals surface area contributed by atoms with Crippen LogP contribution in [0.3, 0.4) is 0 Å². The molecule has 3 heteroatoms. The Kier molecular flexibility index (Phi) is 6.11. The van der Waals surface area contributed by atoms with Crippen molar-refractivity contribution in [3.63, 3.8) is 0 Å². The van der Waals surface area contributed by atoms with Gasteiger partial charge in [0.1, 0.15) is 0 Å². The van der Waals surface area contributed by atoms with Crippen LogP contribution in [0.1, 0.15) is 34.6 Å². The number of hydrogen-bond acceptors (Lipinski definition) is 0. The van der Waals surface area contributed by atoms with Gasteiger partial charge in [-0.05, 0) is 12.3 Å². The van der Waals surface area contributed by atoms with Crippen molar-refractivity contribution in [1.29, 1.82) is 0 Å². The Bertz CT molecular complexity index is 249. The summed E-state index contributed by atoms with van der Waals surface area (Å²) >= 11 is -0.826. The van der Waals surface area contributed by atoms with Gasteiger partial charge < -0.3 is 0 Å². The summed E-state index contributed by atoms with van der Waals surface area (Å²) in [6, 6.07) is 0. The molecule has 1 rings (SSSR count). The molecule has 0 atom stereocenters. The van der Waals surface area contributed by atoms with Crippen LogP contribution in [0, 0.1) is 12.3 Å². The Balaban J connectivity index is 0.000000500. The average molecular weight is 311 g/mol. The number of rotatable bonds is 0. The van der Waals surface area contributed by atoms with Gasteiger partial charge in [0, 0.05) is 0 Å². The van der Waals surface area contributed by atoms with Crippen LogP contribution < -0.4 is 0 Å². The summed E-state index contributed by atoms with van der Waals surface area (Å²) in [7, 11) is 9.87. The minimum absolute atomic E-state index is 0.203. The summed E-state index contributed by atoms with van der Waals surface area (Å²) in [6.07, 6.45) is 0. The molecule has 0 aromatic carbocycles. The van der Waals surface area contributed by atoms with Crippen molar-refractivity contribution in [3.05, 3.63) is 29.2 Å². The molecule has 0 bridgehead atoms. The Hall–Kier alpha value is 0.813. The first-order valence-electron chi connectivity index (χ1n) is 4.48. The molecule has 1 aliphatic rings. The fraction of sp³-hybridized carbons (Fsp3) is 0.545. The molecular weight excluding hydrogens is 294 g/mol. The van der Waals surface area contributed by atoms with Gasteiger partial charge in [0.15, 0.2) is 0 Å².